The highest BCUT2D eigenvalue weighted by Gasteiger charge is 2.34. The minimum absolute atomic E-state index is 0.855. The van der Waals surface area contributed by atoms with Gasteiger partial charge in [-0.05, 0) is 84.0 Å². The lowest BCUT2D eigenvalue weighted by molar-refractivity contribution is 0.911. The number of nitrogens with one attached hydrogen (secondary N) is 1. The van der Waals surface area contributed by atoms with Crippen molar-refractivity contribution in [1.29, 1.82) is 0 Å². The molecule has 236 valence electrons. The van der Waals surface area contributed by atoms with E-state index in [2.05, 4.69) is 173 Å². The summed E-state index contributed by atoms with van der Waals surface area (Å²) in [5, 5.41) is 3.79. The third kappa shape index (κ3) is 4.17. The van der Waals surface area contributed by atoms with E-state index in [0.29, 0.717) is 0 Å². The van der Waals surface area contributed by atoms with Crippen LogP contribution in [-0.2, 0) is 19.9 Å². The SMILES string of the molecule is Cc1c(/C(C2=Cc3ccccc3CC2)=C2\Cc3ccccc3N2c2cc3c4ccccc4n(-c4ccccc4)c3[nH]2)n(C)c2ccccc12. The summed E-state index contributed by atoms with van der Waals surface area (Å²) in [5.41, 5.74) is 16.8. The number of fused-ring (bicyclic) bond motifs is 6. The zero-order chi connectivity index (χ0) is 32.6. The number of aromatic nitrogens is 3. The van der Waals surface area contributed by atoms with Crippen molar-refractivity contribution in [2.24, 2.45) is 7.05 Å². The van der Waals surface area contributed by atoms with E-state index in [1.165, 1.54) is 77.7 Å². The topological polar surface area (TPSA) is 28.9 Å². The molecule has 5 aromatic carbocycles. The first-order valence-electron chi connectivity index (χ1n) is 17.3. The number of para-hydroxylation sites is 4. The fraction of sp³-hybridized carbons (Fsp3) is 0.111. The van der Waals surface area contributed by atoms with Crippen LogP contribution in [0.25, 0.3) is 50.2 Å². The maximum absolute atomic E-state index is 3.97. The molecule has 4 heterocycles. The molecule has 49 heavy (non-hydrogen) atoms. The van der Waals surface area contributed by atoms with Crippen molar-refractivity contribution < 1.29 is 0 Å². The van der Waals surface area contributed by atoms with Gasteiger partial charge in [-0.1, -0.05) is 103 Å². The molecule has 0 radical (unpaired) electrons. The number of anilines is 2. The average molecular weight is 633 g/mol. The molecule has 3 aromatic heterocycles. The molecule has 0 unspecified atom stereocenters. The molecule has 0 atom stereocenters. The van der Waals surface area contributed by atoms with Gasteiger partial charge in [-0.25, -0.2) is 0 Å². The van der Waals surface area contributed by atoms with Gasteiger partial charge in [0.15, 0.2) is 0 Å². The predicted molar refractivity (Wildman–Crippen MR) is 205 cm³/mol. The first-order valence-corrected chi connectivity index (χ1v) is 17.3. The summed E-state index contributed by atoms with van der Waals surface area (Å²) in [6.07, 6.45) is 5.35. The quantitative estimate of drug-likeness (QED) is 0.205. The Morgan fingerprint density at radius 1 is 0.653 bits per heavy atom. The van der Waals surface area contributed by atoms with Crippen LogP contribution in [0.2, 0.25) is 0 Å². The van der Waals surface area contributed by atoms with Crippen LogP contribution in [0.1, 0.15) is 34.4 Å². The van der Waals surface area contributed by atoms with Gasteiger partial charge in [-0.15, -0.1) is 0 Å². The van der Waals surface area contributed by atoms with Gasteiger partial charge in [-0.2, -0.15) is 0 Å². The van der Waals surface area contributed by atoms with E-state index in [0.717, 1.165) is 36.4 Å². The highest BCUT2D eigenvalue weighted by Crippen LogP contribution is 2.49. The Labute approximate surface area is 285 Å². The molecule has 1 N–H and O–H groups in total. The second-order valence-electron chi connectivity index (χ2n) is 13.5. The molecule has 0 spiro atoms. The largest absolute Gasteiger partial charge is 0.343 e. The molecular weight excluding hydrogens is 597 g/mol. The van der Waals surface area contributed by atoms with Crippen LogP contribution in [0.5, 0.6) is 0 Å². The highest BCUT2D eigenvalue weighted by atomic mass is 15.2. The summed E-state index contributed by atoms with van der Waals surface area (Å²) in [6, 6.07) is 48.5. The molecule has 4 nitrogen and oxygen atoms in total. The second kappa shape index (κ2) is 10.8. The van der Waals surface area contributed by atoms with Crippen LogP contribution >= 0.6 is 0 Å². The van der Waals surface area contributed by atoms with Gasteiger partial charge in [0.2, 0.25) is 0 Å². The molecule has 1 aliphatic heterocycles. The zero-order valence-electron chi connectivity index (χ0n) is 27.7. The number of aromatic amines is 1. The number of nitrogens with zero attached hydrogens (tertiary/aromatic N) is 3. The monoisotopic (exact) mass is 632 g/mol. The number of allylic oxidation sites excluding steroid dienone is 3. The lowest BCUT2D eigenvalue weighted by Gasteiger charge is -2.27. The standard InChI is InChI=1S/C45H36N4/c1-29-35-19-9-12-22-39(35)47(2)44(29)43(33-25-24-30-14-6-7-15-31(30)26-33)41-27-32-16-8-11-21-38(32)49(41)42-28-37-36-20-10-13-23-40(36)48(45(37)46-42)34-17-4-3-5-18-34/h3-23,26,28,46H,24-25,27H2,1-2H3/b43-41+. The Bertz CT molecular complexity index is 2620. The highest BCUT2D eigenvalue weighted by molar-refractivity contribution is 6.10. The molecule has 0 saturated carbocycles. The van der Waals surface area contributed by atoms with Crippen LogP contribution < -0.4 is 4.90 Å². The molecule has 10 rings (SSSR count). The molecule has 0 amide bonds. The van der Waals surface area contributed by atoms with Gasteiger partial charge in [0.1, 0.15) is 11.5 Å². The molecule has 0 saturated heterocycles. The number of H-pyrrole nitrogens is 1. The van der Waals surface area contributed by atoms with Crippen LogP contribution in [0.15, 0.2) is 145 Å². The predicted octanol–water partition coefficient (Wildman–Crippen LogP) is 11.0. The third-order valence-electron chi connectivity index (χ3n) is 10.8. The van der Waals surface area contributed by atoms with E-state index in [-0.39, 0.29) is 0 Å². The Kier molecular flexibility index (Phi) is 6.16. The molecule has 8 aromatic rings. The van der Waals surface area contributed by atoms with Crippen molar-refractivity contribution in [3.63, 3.8) is 0 Å². The third-order valence-corrected chi connectivity index (χ3v) is 10.8. The number of rotatable bonds is 4. The summed E-state index contributed by atoms with van der Waals surface area (Å²) < 4.78 is 4.80. The maximum atomic E-state index is 3.97. The lowest BCUT2D eigenvalue weighted by atomic mass is 9.85. The van der Waals surface area contributed by atoms with E-state index in [9.17, 15) is 0 Å². The summed E-state index contributed by atoms with van der Waals surface area (Å²) in [6.45, 7) is 2.31. The number of hydrogen-bond donors (Lipinski definition) is 1. The molecule has 0 fully saturated rings. The lowest BCUT2D eigenvalue weighted by Crippen LogP contribution is -2.17. The Morgan fingerprint density at radius 3 is 2.18 bits per heavy atom. The zero-order valence-corrected chi connectivity index (χ0v) is 27.7. The van der Waals surface area contributed by atoms with Gasteiger partial charge in [-0.3, -0.25) is 9.47 Å². The van der Waals surface area contributed by atoms with Crippen LogP contribution in [0, 0.1) is 6.92 Å². The van der Waals surface area contributed by atoms with Gasteiger partial charge >= 0.3 is 0 Å². The molecular formula is C45H36N4. The first kappa shape index (κ1) is 28.1. The van der Waals surface area contributed by atoms with E-state index < -0.39 is 0 Å². The summed E-state index contributed by atoms with van der Waals surface area (Å²) in [4.78, 5) is 6.50. The average Bonchev–Trinajstić information content (AvgIpc) is 3.88. The normalized spacial score (nSPS) is 15.2. The Balaban J connectivity index is 1.28. The minimum atomic E-state index is 0.855. The van der Waals surface area contributed by atoms with Crippen molar-refractivity contribution in [2.75, 3.05) is 4.90 Å². The summed E-state index contributed by atoms with van der Waals surface area (Å²) >= 11 is 0. The number of hydrogen-bond acceptors (Lipinski definition) is 1. The van der Waals surface area contributed by atoms with Crippen molar-refractivity contribution >= 4 is 56.0 Å². The Morgan fingerprint density at radius 2 is 1.35 bits per heavy atom. The first-order chi connectivity index (χ1) is 24.2. The van der Waals surface area contributed by atoms with Crippen molar-refractivity contribution in [3.05, 3.63) is 173 Å². The molecule has 2 aliphatic rings. The van der Waals surface area contributed by atoms with E-state index >= 15 is 0 Å². The van der Waals surface area contributed by atoms with Crippen molar-refractivity contribution in [3.8, 4) is 5.69 Å². The van der Waals surface area contributed by atoms with Crippen molar-refractivity contribution in [1.82, 2.24) is 14.1 Å². The van der Waals surface area contributed by atoms with Gasteiger partial charge in [0.25, 0.3) is 0 Å². The number of aryl methyl sites for hydroxylation is 3. The van der Waals surface area contributed by atoms with E-state index in [1.807, 2.05) is 0 Å². The molecule has 0 bridgehead atoms. The van der Waals surface area contributed by atoms with Crippen LogP contribution in [0.4, 0.5) is 11.5 Å². The summed E-state index contributed by atoms with van der Waals surface area (Å²) in [7, 11) is 2.24. The fourth-order valence-electron chi connectivity index (χ4n) is 8.59. The van der Waals surface area contributed by atoms with Gasteiger partial charge in [0.05, 0.1) is 16.9 Å². The second-order valence-corrected chi connectivity index (χ2v) is 13.5. The smallest absolute Gasteiger partial charge is 0.124 e. The Hall–Kier alpha value is -6.00. The van der Waals surface area contributed by atoms with Gasteiger partial charge < -0.3 is 9.55 Å². The van der Waals surface area contributed by atoms with E-state index in [4.69, 9.17) is 0 Å². The minimum Gasteiger partial charge on any atom is -0.343 e. The molecule has 1 aliphatic carbocycles. The van der Waals surface area contributed by atoms with E-state index in [1.54, 1.807) is 0 Å². The van der Waals surface area contributed by atoms with Crippen LogP contribution in [-0.4, -0.2) is 14.1 Å². The fourth-order valence-corrected chi connectivity index (χ4v) is 8.59. The maximum Gasteiger partial charge on any atom is 0.124 e. The molecule has 4 heteroatoms. The van der Waals surface area contributed by atoms with Crippen molar-refractivity contribution in [2.45, 2.75) is 26.2 Å². The van der Waals surface area contributed by atoms with Crippen LogP contribution in [0.3, 0.4) is 0 Å². The number of benzene rings is 5. The van der Waals surface area contributed by atoms with Gasteiger partial charge in [0, 0.05) is 52.1 Å². The summed E-state index contributed by atoms with van der Waals surface area (Å²) in [5.74, 6) is 1.09.